The van der Waals surface area contributed by atoms with E-state index in [1.165, 1.54) is 24.3 Å². The average molecular weight is 505 g/mol. The minimum absolute atomic E-state index is 0.0331. The minimum atomic E-state index is -0.353. The van der Waals surface area contributed by atoms with Crippen LogP contribution < -0.4 is 10.1 Å². The molecule has 0 spiro atoms. The molecule has 0 radical (unpaired) electrons. The third-order valence-electron chi connectivity index (χ3n) is 7.27. The average Bonchev–Trinajstić information content (AvgIpc) is 3.45. The van der Waals surface area contributed by atoms with Crippen molar-refractivity contribution in [1.82, 2.24) is 10.2 Å². The van der Waals surface area contributed by atoms with Gasteiger partial charge in [-0.05, 0) is 77.9 Å². The second kappa shape index (κ2) is 11.1. The quantitative estimate of drug-likeness (QED) is 0.474. The van der Waals surface area contributed by atoms with Gasteiger partial charge in [0, 0.05) is 19.0 Å². The molecule has 1 aliphatic heterocycles. The fourth-order valence-electron chi connectivity index (χ4n) is 5.38. The Hall–Kier alpha value is -3.74. The fraction of sp³-hybridized carbons (Fsp3) is 0.333. The van der Waals surface area contributed by atoms with E-state index in [0.717, 1.165) is 48.8 Å². The number of hydrogen-bond acceptors (Lipinski definition) is 3. The number of carbonyl (C=O) groups excluding carboxylic acids is 2. The lowest BCUT2D eigenvalue weighted by atomic mass is 9.87. The number of ether oxygens (including phenoxy) is 1. The van der Waals surface area contributed by atoms with Gasteiger partial charge in [0.05, 0.1) is 6.04 Å². The van der Waals surface area contributed by atoms with E-state index in [-0.39, 0.29) is 48.6 Å². The molecule has 192 valence electrons. The first-order valence-electron chi connectivity index (χ1n) is 12.8. The minimum Gasteiger partial charge on any atom is -0.484 e. The molecule has 3 aromatic carbocycles. The van der Waals surface area contributed by atoms with Crippen LogP contribution in [0.1, 0.15) is 54.0 Å². The molecule has 7 heteroatoms. The summed E-state index contributed by atoms with van der Waals surface area (Å²) in [4.78, 5) is 27.8. The molecule has 0 aromatic heterocycles. The molecule has 1 N–H and O–H groups in total. The summed E-state index contributed by atoms with van der Waals surface area (Å²) >= 11 is 0. The predicted octanol–water partition coefficient (Wildman–Crippen LogP) is 5.32. The number of nitrogens with one attached hydrogen (secondary N) is 1. The Balaban J connectivity index is 1.33. The summed E-state index contributed by atoms with van der Waals surface area (Å²) in [6, 6.07) is 17.7. The van der Waals surface area contributed by atoms with Gasteiger partial charge in [0.1, 0.15) is 17.4 Å². The Morgan fingerprint density at radius 2 is 1.73 bits per heavy atom. The number of fused-ring (bicyclic) bond motifs is 1. The van der Waals surface area contributed by atoms with Gasteiger partial charge in [0.2, 0.25) is 5.91 Å². The van der Waals surface area contributed by atoms with E-state index in [0.29, 0.717) is 17.9 Å². The van der Waals surface area contributed by atoms with Crippen LogP contribution in [0.3, 0.4) is 0 Å². The van der Waals surface area contributed by atoms with E-state index in [4.69, 9.17) is 4.74 Å². The fourth-order valence-corrected chi connectivity index (χ4v) is 5.38. The highest BCUT2D eigenvalue weighted by molar-refractivity contribution is 5.80. The molecular formula is C30H30F2N2O3. The SMILES string of the molecule is O=C(COc1ccc2c(c1)C(c1ccc(F)cc1)N(C(=O)C1CCCC1)CC2)NCc1cccc(F)c1. The predicted molar refractivity (Wildman–Crippen MR) is 136 cm³/mol. The number of halogens is 2. The van der Waals surface area contributed by atoms with E-state index < -0.39 is 0 Å². The Kier molecular flexibility index (Phi) is 7.49. The first-order valence-corrected chi connectivity index (χ1v) is 12.8. The van der Waals surface area contributed by atoms with E-state index in [2.05, 4.69) is 5.32 Å². The lowest BCUT2D eigenvalue weighted by molar-refractivity contribution is -0.137. The number of benzene rings is 3. The molecular weight excluding hydrogens is 474 g/mol. The second-order valence-electron chi connectivity index (χ2n) is 9.77. The monoisotopic (exact) mass is 504 g/mol. The molecule has 1 heterocycles. The maximum Gasteiger partial charge on any atom is 0.258 e. The molecule has 0 bridgehead atoms. The molecule has 1 fully saturated rings. The summed E-state index contributed by atoms with van der Waals surface area (Å²) in [7, 11) is 0. The van der Waals surface area contributed by atoms with Crippen molar-refractivity contribution in [3.05, 3.63) is 101 Å². The van der Waals surface area contributed by atoms with Crippen molar-refractivity contribution in [2.24, 2.45) is 5.92 Å². The lowest BCUT2D eigenvalue weighted by Crippen LogP contribution is -2.43. The Morgan fingerprint density at radius 3 is 2.49 bits per heavy atom. The zero-order valence-electron chi connectivity index (χ0n) is 20.6. The number of rotatable bonds is 7. The van der Waals surface area contributed by atoms with Gasteiger partial charge in [-0.2, -0.15) is 0 Å². The number of nitrogens with zero attached hydrogens (tertiary/aromatic N) is 1. The number of amides is 2. The van der Waals surface area contributed by atoms with Gasteiger partial charge in [0.15, 0.2) is 6.61 Å². The van der Waals surface area contributed by atoms with Gasteiger partial charge in [-0.15, -0.1) is 0 Å². The molecule has 5 nitrogen and oxygen atoms in total. The largest absolute Gasteiger partial charge is 0.484 e. The van der Waals surface area contributed by atoms with Crippen molar-refractivity contribution in [2.45, 2.75) is 44.7 Å². The molecule has 1 saturated carbocycles. The lowest BCUT2D eigenvalue weighted by Gasteiger charge is -2.39. The van der Waals surface area contributed by atoms with Crippen LogP contribution in [0.2, 0.25) is 0 Å². The van der Waals surface area contributed by atoms with E-state index >= 15 is 0 Å². The van der Waals surface area contributed by atoms with Crippen molar-refractivity contribution >= 4 is 11.8 Å². The summed E-state index contributed by atoms with van der Waals surface area (Å²) in [6.45, 7) is 0.613. The van der Waals surface area contributed by atoms with Crippen LogP contribution in [0.4, 0.5) is 8.78 Å². The summed E-state index contributed by atoms with van der Waals surface area (Å²) in [5.74, 6) is -0.300. The van der Waals surface area contributed by atoms with Gasteiger partial charge in [0.25, 0.3) is 5.91 Å². The van der Waals surface area contributed by atoms with Crippen molar-refractivity contribution < 1.29 is 23.1 Å². The first-order chi connectivity index (χ1) is 18.0. The van der Waals surface area contributed by atoms with Crippen molar-refractivity contribution in [3.63, 3.8) is 0 Å². The topological polar surface area (TPSA) is 58.6 Å². The first kappa shape index (κ1) is 24.9. The highest BCUT2D eigenvalue weighted by atomic mass is 19.1. The summed E-state index contributed by atoms with van der Waals surface area (Å²) < 4.78 is 32.9. The Morgan fingerprint density at radius 1 is 0.946 bits per heavy atom. The number of hydrogen-bond donors (Lipinski definition) is 1. The van der Waals surface area contributed by atoms with E-state index in [9.17, 15) is 18.4 Å². The molecule has 1 atom stereocenters. The standard InChI is InChI=1S/C30H30F2N2O3/c31-24-11-8-22(9-12-24)29-27-17-26(37-19-28(35)33-18-20-4-3-7-25(32)16-20)13-10-21(27)14-15-34(29)30(36)23-5-1-2-6-23/h3-4,7-13,16-17,23,29H,1-2,5-6,14-15,18-19H2,(H,33,35). The maximum absolute atomic E-state index is 13.7. The Bertz CT molecular complexity index is 1270. The number of carbonyl (C=O) groups is 2. The van der Waals surface area contributed by atoms with Gasteiger partial charge in [-0.1, -0.05) is 43.2 Å². The van der Waals surface area contributed by atoms with Crippen LogP contribution >= 0.6 is 0 Å². The molecule has 37 heavy (non-hydrogen) atoms. The van der Waals surface area contributed by atoms with Crippen molar-refractivity contribution in [1.29, 1.82) is 0 Å². The van der Waals surface area contributed by atoms with Crippen LogP contribution in [0.25, 0.3) is 0 Å². The molecule has 2 aliphatic rings. The highest BCUT2D eigenvalue weighted by Crippen LogP contribution is 2.39. The maximum atomic E-state index is 13.7. The molecule has 3 aromatic rings. The van der Waals surface area contributed by atoms with Gasteiger partial charge in [-0.3, -0.25) is 9.59 Å². The van der Waals surface area contributed by atoms with Gasteiger partial charge < -0.3 is 15.0 Å². The normalized spacial score (nSPS) is 17.4. The molecule has 5 rings (SSSR count). The van der Waals surface area contributed by atoms with Crippen molar-refractivity contribution in [2.75, 3.05) is 13.2 Å². The highest BCUT2D eigenvalue weighted by Gasteiger charge is 2.36. The van der Waals surface area contributed by atoms with E-state index in [1.807, 2.05) is 23.1 Å². The second-order valence-corrected chi connectivity index (χ2v) is 9.77. The third-order valence-corrected chi connectivity index (χ3v) is 7.27. The summed E-state index contributed by atoms with van der Waals surface area (Å²) in [6.07, 6.45) is 4.68. The van der Waals surface area contributed by atoms with Gasteiger partial charge >= 0.3 is 0 Å². The van der Waals surface area contributed by atoms with Crippen LogP contribution in [0.5, 0.6) is 5.75 Å². The zero-order valence-corrected chi connectivity index (χ0v) is 20.6. The summed E-state index contributed by atoms with van der Waals surface area (Å²) in [5.41, 5.74) is 3.55. The molecule has 1 aliphatic carbocycles. The van der Waals surface area contributed by atoms with Crippen LogP contribution in [0.15, 0.2) is 66.7 Å². The zero-order chi connectivity index (χ0) is 25.8. The third kappa shape index (κ3) is 5.82. The smallest absolute Gasteiger partial charge is 0.258 e. The molecule has 0 saturated heterocycles. The van der Waals surface area contributed by atoms with Crippen LogP contribution in [-0.2, 0) is 22.6 Å². The van der Waals surface area contributed by atoms with E-state index in [1.54, 1.807) is 24.3 Å². The molecule has 1 unspecified atom stereocenters. The Labute approximate surface area is 215 Å². The van der Waals surface area contributed by atoms with Crippen LogP contribution in [0, 0.1) is 17.6 Å². The van der Waals surface area contributed by atoms with Crippen molar-refractivity contribution in [3.8, 4) is 5.75 Å². The summed E-state index contributed by atoms with van der Waals surface area (Å²) in [5, 5.41) is 2.73. The molecule has 2 amide bonds. The van der Waals surface area contributed by atoms with Crippen LogP contribution in [-0.4, -0.2) is 29.9 Å². The van der Waals surface area contributed by atoms with Gasteiger partial charge in [-0.25, -0.2) is 8.78 Å².